The van der Waals surface area contributed by atoms with Gasteiger partial charge in [0.1, 0.15) is 18.2 Å². The molecule has 0 aliphatic rings. The molecule has 0 radical (unpaired) electrons. The molecule has 2 N–H and O–H groups in total. The van der Waals surface area contributed by atoms with Crippen LogP contribution in [0.4, 0.5) is 4.39 Å². The Morgan fingerprint density at radius 3 is 2.46 bits per heavy atom. The lowest BCUT2D eigenvalue weighted by atomic mass is 10.1. The van der Waals surface area contributed by atoms with Crippen molar-refractivity contribution >= 4 is 0 Å². The number of aliphatic hydroxyl groups is 1. The third kappa shape index (κ3) is 5.40. The summed E-state index contributed by atoms with van der Waals surface area (Å²) in [6, 6.07) is 22.0. The Hall–Kier alpha value is -3.20. The van der Waals surface area contributed by atoms with Crippen LogP contribution >= 0.6 is 0 Å². The molecule has 0 heterocycles. The largest absolute Gasteiger partial charge is 0.489 e. The van der Waals surface area contributed by atoms with Crippen LogP contribution in [0.15, 0.2) is 66.7 Å². The zero-order valence-electron chi connectivity index (χ0n) is 15.4. The highest BCUT2D eigenvalue weighted by atomic mass is 19.1. The summed E-state index contributed by atoms with van der Waals surface area (Å²) in [6.45, 7) is 1.29. The van der Waals surface area contributed by atoms with Crippen molar-refractivity contribution in [1.82, 2.24) is 5.32 Å². The fourth-order valence-corrected chi connectivity index (χ4v) is 2.85. The average Bonchev–Trinajstić information content (AvgIpc) is 2.74. The Morgan fingerprint density at radius 2 is 1.68 bits per heavy atom. The van der Waals surface area contributed by atoms with Gasteiger partial charge in [-0.3, -0.25) is 0 Å². The lowest BCUT2D eigenvalue weighted by Crippen LogP contribution is -2.13. The van der Waals surface area contributed by atoms with Gasteiger partial charge in [0.05, 0.1) is 18.2 Å². The lowest BCUT2D eigenvalue weighted by Gasteiger charge is -2.10. The molecule has 5 heteroatoms. The number of nitrogens with zero attached hydrogens (tertiary/aromatic N) is 1. The quantitative estimate of drug-likeness (QED) is 0.622. The predicted octanol–water partition coefficient (Wildman–Crippen LogP) is 4.06. The molecule has 3 aromatic carbocycles. The zero-order valence-corrected chi connectivity index (χ0v) is 15.4. The number of aliphatic hydroxyl groups excluding tert-OH is 1. The van der Waals surface area contributed by atoms with E-state index >= 15 is 0 Å². The SMILES string of the molecule is N#Cc1cccc(COc2cccc(CNCc3ccc(F)c(CO)c3)c2)c1. The molecule has 0 fully saturated rings. The first-order valence-corrected chi connectivity index (χ1v) is 8.97. The molecule has 0 saturated carbocycles. The van der Waals surface area contributed by atoms with E-state index in [4.69, 9.17) is 15.1 Å². The van der Waals surface area contributed by atoms with Gasteiger partial charge in [-0.15, -0.1) is 0 Å². The Morgan fingerprint density at radius 1 is 0.929 bits per heavy atom. The maximum Gasteiger partial charge on any atom is 0.128 e. The van der Waals surface area contributed by atoms with Crippen LogP contribution in [-0.4, -0.2) is 5.11 Å². The number of ether oxygens (including phenoxy) is 1. The normalized spacial score (nSPS) is 10.5. The van der Waals surface area contributed by atoms with Crippen LogP contribution in [0, 0.1) is 17.1 Å². The Bertz CT molecular complexity index is 982. The van der Waals surface area contributed by atoms with Gasteiger partial charge >= 0.3 is 0 Å². The van der Waals surface area contributed by atoms with Crippen LogP contribution < -0.4 is 10.1 Å². The van der Waals surface area contributed by atoms with E-state index in [9.17, 15) is 4.39 Å². The fraction of sp³-hybridized carbons (Fsp3) is 0.174. The number of benzene rings is 3. The summed E-state index contributed by atoms with van der Waals surface area (Å²) in [5.41, 5.74) is 3.83. The standard InChI is InChI=1S/C23H21FN2O2/c24-23-8-7-19(10-21(23)15-27)14-26-13-18-4-2-6-22(11-18)28-16-20-5-1-3-17(9-20)12-25/h1-11,26-27H,13-16H2. The topological polar surface area (TPSA) is 65.3 Å². The molecule has 3 rings (SSSR count). The van der Waals surface area contributed by atoms with Gasteiger partial charge in [0.15, 0.2) is 0 Å². The summed E-state index contributed by atoms with van der Waals surface area (Å²) in [7, 11) is 0. The van der Waals surface area contributed by atoms with Gasteiger partial charge in [-0.05, 0) is 53.1 Å². The van der Waals surface area contributed by atoms with E-state index < -0.39 is 5.82 Å². The smallest absolute Gasteiger partial charge is 0.128 e. The second kappa shape index (κ2) is 9.65. The summed E-state index contributed by atoms with van der Waals surface area (Å²) in [5.74, 6) is 0.363. The maximum atomic E-state index is 13.4. The van der Waals surface area contributed by atoms with Gasteiger partial charge in [0.2, 0.25) is 0 Å². The second-order valence-electron chi connectivity index (χ2n) is 6.44. The van der Waals surface area contributed by atoms with E-state index in [0.717, 1.165) is 22.4 Å². The minimum Gasteiger partial charge on any atom is -0.489 e. The molecule has 3 aromatic rings. The molecule has 142 valence electrons. The van der Waals surface area contributed by atoms with Crippen molar-refractivity contribution < 1.29 is 14.2 Å². The summed E-state index contributed by atoms with van der Waals surface area (Å²) in [6.07, 6.45) is 0. The van der Waals surface area contributed by atoms with Crippen molar-refractivity contribution in [2.24, 2.45) is 0 Å². The molecular formula is C23H21FN2O2. The summed E-state index contributed by atoms with van der Waals surface area (Å²) in [4.78, 5) is 0. The monoisotopic (exact) mass is 376 g/mol. The first-order valence-electron chi connectivity index (χ1n) is 8.97. The van der Waals surface area contributed by atoms with Crippen molar-refractivity contribution in [1.29, 1.82) is 5.26 Å². The van der Waals surface area contributed by atoms with E-state index in [1.54, 1.807) is 18.2 Å². The molecule has 0 unspecified atom stereocenters. The van der Waals surface area contributed by atoms with E-state index in [-0.39, 0.29) is 6.61 Å². The predicted molar refractivity (Wildman–Crippen MR) is 105 cm³/mol. The third-order valence-corrected chi connectivity index (χ3v) is 4.30. The molecule has 0 saturated heterocycles. The Balaban J connectivity index is 1.54. The van der Waals surface area contributed by atoms with E-state index in [1.165, 1.54) is 6.07 Å². The maximum absolute atomic E-state index is 13.4. The van der Waals surface area contributed by atoms with Crippen molar-refractivity contribution in [3.05, 3.63) is 100 Å². The summed E-state index contributed by atoms with van der Waals surface area (Å²) >= 11 is 0. The van der Waals surface area contributed by atoms with Gasteiger partial charge < -0.3 is 15.2 Å². The number of hydrogen-bond donors (Lipinski definition) is 2. The number of nitriles is 1. The minimum atomic E-state index is -0.392. The van der Waals surface area contributed by atoms with Gasteiger partial charge in [0, 0.05) is 18.7 Å². The van der Waals surface area contributed by atoms with Gasteiger partial charge in [-0.2, -0.15) is 5.26 Å². The number of rotatable bonds is 8. The molecule has 28 heavy (non-hydrogen) atoms. The first kappa shape index (κ1) is 19.6. The number of halogens is 1. The van der Waals surface area contributed by atoms with Crippen LogP contribution in [0.25, 0.3) is 0 Å². The molecule has 0 amide bonds. The van der Waals surface area contributed by atoms with Crippen LogP contribution in [0.1, 0.15) is 27.8 Å². The van der Waals surface area contributed by atoms with E-state index in [1.807, 2.05) is 42.5 Å². The van der Waals surface area contributed by atoms with Gasteiger partial charge in [-0.1, -0.05) is 30.3 Å². The second-order valence-corrected chi connectivity index (χ2v) is 6.44. The number of nitrogens with one attached hydrogen (secondary N) is 1. The van der Waals surface area contributed by atoms with Crippen LogP contribution in [0.3, 0.4) is 0 Å². The molecule has 0 bridgehead atoms. The molecule has 0 aliphatic carbocycles. The zero-order chi connectivity index (χ0) is 19.8. The van der Waals surface area contributed by atoms with Crippen molar-refractivity contribution in [3.63, 3.8) is 0 Å². The molecule has 0 atom stereocenters. The van der Waals surface area contributed by atoms with Crippen LogP contribution in [-0.2, 0) is 26.3 Å². The van der Waals surface area contributed by atoms with Crippen molar-refractivity contribution in [3.8, 4) is 11.8 Å². The summed E-state index contributed by atoms with van der Waals surface area (Å²) < 4.78 is 19.3. The lowest BCUT2D eigenvalue weighted by molar-refractivity contribution is 0.275. The molecular weight excluding hydrogens is 355 g/mol. The van der Waals surface area contributed by atoms with Crippen LogP contribution in [0.2, 0.25) is 0 Å². The molecule has 0 aromatic heterocycles. The minimum absolute atomic E-state index is 0.301. The van der Waals surface area contributed by atoms with Gasteiger partial charge in [-0.25, -0.2) is 4.39 Å². The van der Waals surface area contributed by atoms with Crippen LogP contribution in [0.5, 0.6) is 5.75 Å². The Kier molecular flexibility index (Phi) is 6.74. The average molecular weight is 376 g/mol. The third-order valence-electron chi connectivity index (χ3n) is 4.30. The fourth-order valence-electron chi connectivity index (χ4n) is 2.85. The number of hydrogen-bond acceptors (Lipinski definition) is 4. The van der Waals surface area contributed by atoms with Crippen molar-refractivity contribution in [2.75, 3.05) is 0 Å². The highest BCUT2D eigenvalue weighted by molar-refractivity contribution is 5.33. The molecule has 0 spiro atoms. The Labute approximate surface area is 163 Å². The first-order chi connectivity index (χ1) is 13.7. The highest BCUT2D eigenvalue weighted by Gasteiger charge is 2.03. The van der Waals surface area contributed by atoms with E-state index in [0.29, 0.717) is 30.8 Å². The van der Waals surface area contributed by atoms with E-state index in [2.05, 4.69) is 11.4 Å². The molecule has 0 aliphatic heterocycles. The summed E-state index contributed by atoms with van der Waals surface area (Å²) in [5, 5.41) is 21.4. The highest BCUT2D eigenvalue weighted by Crippen LogP contribution is 2.16. The molecule has 4 nitrogen and oxygen atoms in total. The van der Waals surface area contributed by atoms with Crippen molar-refractivity contribution in [2.45, 2.75) is 26.3 Å². The van der Waals surface area contributed by atoms with Gasteiger partial charge in [0.25, 0.3) is 0 Å².